The summed E-state index contributed by atoms with van der Waals surface area (Å²) < 4.78 is 0. The molecule has 0 bridgehead atoms. The molecule has 0 aliphatic heterocycles. The summed E-state index contributed by atoms with van der Waals surface area (Å²) in [5.41, 5.74) is 0. The van der Waals surface area contributed by atoms with Crippen LogP contribution in [-0.4, -0.2) is 0 Å². The van der Waals surface area contributed by atoms with Gasteiger partial charge in [-0.25, -0.2) is 0 Å². The zero-order valence-corrected chi connectivity index (χ0v) is 6.53. The minimum atomic E-state index is 0. The molecular formula is O6TcV-5. The van der Waals surface area contributed by atoms with Crippen LogP contribution in [0.15, 0.2) is 0 Å². The van der Waals surface area contributed by atoms with Crippen molar-refractivity contribution in [3.05, 3.63) is 0 Å². The Morgan fingerprint density at radius 2 is 0.375 bits per heavy atom. The largest absolute Gasteiger partial charge is 7.00 e. The maximum Gasteiger partial charge on any atom is 7.00 e. The Hall–Kier alpha value is 0.994. The molecule has 0 saturated carbocycles. The quantitative estimate of drug-likeness (QED) is 0.524. The average Bonchev–Trinajstić information content (AvgIpc) is 0. The van der Waals surface area contributed by atoms with Crippen molar-refractivity contribution in [1.82, 2.24) is 0 Å². The molecule has 0 aromatic rings. The molecule has 0 aliphatic carbocycles. The van der Waals surface area contributed by atoms with Crippen LogP contribution < -0.4 is 0 Å². The second-order valence-electron chi connectivity index (χ2n) is 0. The first-order chi connectivity index (χ1) is 0. The van der Waals surface area contributed by atoms with Gasteiger partial charge in [-0.15, -0.1) is 0 Å². The van der Waals surface area contributed by atoms with E-state index in [4.69, 9.17) is 0 Å². The van der Waals surface area contributed by atoms with Gasteiger partial charge in [0.25, 0.3) is 0 Å². The van der Waals surface area contributed by atoms with E-state index in [9.17, 15) is 0 Å². The molecular weight excluding hydrogens is 245 g/mol. The van der Waals surface area contributed by atoms with E-state index >= 15 is 0 Å². The molecule has 0 N–H and O–H groups in total. The van der Waals surface area contributed by atoms with E-state index in [2.05, 4.69) is 0 Å². The number of hydrogen-bond donors (Lipinski definition) is 0. The third kappa shape index (κ3) is 254. The van der Waals surface area contributed by atoms with Crippen LogP contribution in [-0.2, 0) is 71.5 Å². The van der Waals surface area contributed by atoms with Gasteiger partial charge in [-0.3, -0.25) is 0 Å². The van der Waals surface area contributed by atoms with Gasteiger partial charge in [0.2, 0.25) is 0 Å². The van der Waals surface area contributed by atoms with E-state index in [-0.39, 0.29) is 71.5 Å². The van der Waals surface area contributed by atoms with Crippen molar-refractivity contribution in [2.24, 2.45) is 0 Å². The molecule has 8 heavy (non-hydrogen) atoms. The van der Waals surface area contributed by atoms with Gasteiger partial charge < -0.3 is 32.9 Å². The Morgan fingerprint density at radius 3 is 0.375 bits per heavy atom. The summed E-state index contributed by atoms with van der Waals surface area (Å²) in [7, 11) is 0. The molecule has 0 unspecified atom stereocenters. The fourth-order valence-corrected chi connectivity index (χ4v) is 0. The Kier molecular flexibility index (Phi) is 28800. The van der Waals surface area contributed by atoms with E-state index in [1.807, 2.05) is 0 Å². The maximum atomic E-state index is 0. The molecule has 0 spiro atoms. The first kappa shape index (κ1) is 582. The summed E-state index contributed by atoms with van der Waals surface area (Å²) in [5, 5.41) is 0. The van der Waals surface area contributed by atoms with Gasteiger partial charge in [0, 0.05) is 18.6 Å². The first-order valence-corrected chi connectivity index (χ1v) is 0. The van der Waals surface area contributed by atoms with Crippen molar-refractivity contribution in [2.45, 2.75) is 0 Å². The average molecular weight is 245 g/mol. The van der Waals surface area contributed by atoms with Crippen LogP contribution in [0.5, 0.6) is 0 Å². The third-order valence-electron chi connectivity index (χ3n) is 0. The van der Waals surface area contributed by atoms with Gasteiger partial charge in [0.1, 0.15) is 0 Å². The minimum absolute atomic E-state index is 0. The summed E-state index contributed by atoms with van der Waals surface area (Å²) in [6, 6.07) is 0. The van der Waals surface area contributed by atoms with E-state index in [0.29, 0.717) is 0 Å². The van der Waals surface area contributed by atoms with E-state index < -0.39 is 0 Å². The fraction of sp³-hybridized carbons (Fsp3) is 0. The van der Waals surface area contributed by atoms with Crippen molar-refractivity contribution in [2.75, 3.05) is 0 Å². The van der Waals surface area contributed by atoms with E-state index in [1.165, 1.54) is 0 Å². The molecule has 6 nitrogen and oxygen atoms in total. The molecule has 0 aromatic heterocycles. The SMILES string of the molecule is [O-2].[O-2].[O-2].[O-2].[O-2].[O-2].[Tc+7].[V]. The van der Waals surface area contributed by atoms with Gasteiger partial charge in [-0.2, -0.15) is 0 Å². The Bertz CT molecular complexity index is 8.49. The topological polar surface area (TPSA) is 171 Å². The standard InChI is InChI=1S/6O.Tc.V/q6*-2;+7;. The van der Waals surface area contributed by atoms with Crippen molar-refractivity contribution in [1.29, 1.82) is 0 Å². The summed E-state index contributed by atoms with van der Waals surface area (Å²) in [6.45, 7) is 0. The molecule has 0 aromatic carbocycles. The second kappa shape index (κ2) is 396. The van der Waals surface area contributed by atoms with Crippen LogP contribution in [0.4, 0.5) is 0 Å². The molecule has 0 aliphatic rings. The Labute approximate surface area is 71.7 Å². The summed E-state index contributed by atoms with van der Waals surface area (Å²) >= 11 is 0. The van der Waals surface area contributed by atoms with E-state index in [1.54, 1.807) is 0 Å². The minimum Gasteiger partial charge on any atom is -2.00 e. The van der Waals surface area contributed by atoms with Gasteiger partial charge in [-0.05, 0) is 0 Å². The van der Waals surface area contributed by atoms with Crippen LogP contribution in [0.2, 0.25) is 0 Å². The summed E-state index contributed by atoms with van der Waals surface area (Å²) in [6.07, 6.45) is 0. The van der Waals surface area contributed by atoms with Crippen molar-refractivity contribution < 1.29 is 71.5 Å². The first-order valence-electron chi connectivity index (χ1n) is 0. The Morgan fingerprint density at radius 1 is 0.375 bits per heavy atom. The molecule has 0 atom stereocenters. The smallest absolute Gasteiger partial charge is 2.00 e. The third-order valence-corrected chi connectivity index (χ3v) is 0. The van der Waals surface area contributed by atoms with Crippen LogP contribution in [0.25, 0.3) is 0 Å². The van der Waals surface area contributed by atoms with Gasteiger partial charge in [0.15, 0.2) is 0 Å². The predicted octanol–water partition coefficient (Wildman–Crippen LogP) is -0.718. The number of rotatable bonds is 0. The van der Waals surface area contributed by atoms with Crippen LogP contribution in [0.3, 0.4) is 0 Å². The summed E-state index contributed by atoms with van der Waals surface area (Å²) in [5.74, 6) is 0. The van der Waals surface area contributed by atoms with Crippen LogP contribution >= 0.6 is 0 Å². The van der Waals surface area contributed by atoms with Crippen LogP contribution in [0.1, 0.15) is 0 Å². The molecule has 0 rings (SSSR count). The molecule has 0 amide bonds. The van der Waals surface area contributed by atoms with Crippen molar-refractivity contribution >= 4 is 0 Å². The van der Waals surface area contributed by atoms with Gasteiger partial charge in [0.05, 0.1) is 0 Å². The monoisotopic (exact) mass is 244 g/mol. The molecule has 0 heterocycles. The number of hydrogen-bond acceptors (Lipinski definition) is 0. The summed E-state index contributed by atoms with van der Waals surface area (Å²) in [4.78, 5) is 0. The van der Waals surface area contributed by atoms with Gasteiger partial charge in [-0.1, -0.05) is 0 Å². The van der Waals surface area contributed by atoms with Crippen LogP contribution in [0, 0.1) is 0 Å². The second-order valence-corrected chi connectivity index (χ2v) is 0. The molecule has 0 saturated heterocycles. The molecule has 0 fully saturated rings. The van der Waals surface area contributed by atoms with Crippen molar-refractivity contribution in [3.8, 4) is 0 Å². The van der Waals surface area contributed by atoms with Crippen molar-refractivity contribution in [3.63, 3.8) is 0 Å². The maximum absolute atomic E-state index is 0. The fourth-order valence-electron chi connectivity index (χ4n) is 0. The zero-order valence-electron chi connectivity index (χ0n) is 3.27. The van der Waals surface area contributed by atoms with E-state index in [0.717, 1.165) is 0 Å². The normalized spacial score (nSPS) is 0. The molecule has 1 radical (unpaired) electrons. The predicted molar refractivity (Wildman–Crippen MR) is 4.12 cm³/mol. The zero-order chi connectivity index (χ0) is 0. The Balaban J connectivity index is 0. The molecule has 8 heteroatoms. The molecule has 53 valence electrons. The van der Waals surface area contributed by atoms with Gasteiger partial charge >= 0.3 is 20.1 Å².